The second-order valence-corrected chi connectivity index (χ2v) is 6.92. The van der Waals surface area contributed by atoms with Crippen molar-refractivity contribution in [3.63, 3.8) is 0 Å². The van der Waals surface area contributed by atoms with Crippen molar-refractivity contribution in [1.29, 1.82) is 0 Å². The van der Waals surface area contributed by atoms with Crippen molar-refractivity contribution in [2.75, 3.05) is 19.0 Å². The van der Waals surface area contributed by atoms with E-state index in [9.17, 15) is 14.4 Å². The average Bonchev–Trinajstić information content (AvgIpc) is 2.72. The van der Waals surface area contributed by atoms with Gasteiger partial charge in [-0.3, -0.25) is 4.79 Å². The fourth-order valence-electron chi connectivity index (χ4n) is 2.73. The topological polar surface area (TPSA) is 96.5 Å². The Balaban J connectivity index is 1.84. The maximum atomic E-state index is 12.5. The first-order chi connectivity index (χ1) is 13.9. The molecule has 1 unspecified atom stereocenters. The Kier molecular flexibility index (Phi) is 8.21. The van der Waals surface area contributed by atoms with Gasteiger partial charge in [0.15, 0.2) is 0 Å². The number of para-hydroxylation sites is 1. The van der Waals surface area contributed by atoms with E-state index in [0.717, 1.165) is 5.56 Å². The molecule has 3 amide bonds. The second-order valence-electron chi connectivity index (χ2n) is 6.92. The van der Waals surface area contributed by atoms with Crippen molar-refractivity contribution in [3.05, 3.63) is 65.7 Å². The zero-order valence-corrected chi connectivity index (χ0v) is 16.9. The van der Waals surface area contributed by atoms with Crippen LogP contribution in [0, 0.1) is 5.92 Å². The van der Waals surface area contributed by atoms with Gasteiger partial charge in [-0.1, -0.05) is 44.2 Å². The molecule has 2 rings (SSSR count). The number of carbonyl (C=O) groups excluding carboxylic acids is 3. The zero-order chi connectivity index (χ0) is 21.2. The Labute approximate surface area is 170 Å². The molecule has 0 aromatic heterocycles. The van der Waals surface area contributed by atoms with Crippen LogP contribution < -0.4 is 16.0 Å². The minimum Gasteiger partial charge on any atom is -0.465 e. The molecule has 0 aliphatic heterocycles. The SMILES string of the molecule is COC(=O)c1ccc(CCNC(=O)C(NC(=O)Nc2ccccc2)C(C)C)cc1. The largest absolute Gasteiger partial charge is 0.465 e. The fraction of sp³-hybridized carbons (Fsp3) is 0.318. The van der Waals surface area contributed by atoms with E-state index in [1.165, 1.54) is 7.11 Å². The number of methoxy groups -OCH3 is 1. The van der Waals surface area contributed by atoms with E-state index >= 15 is 0 Å². The number of benzene rings is 2. The number of nitrogens with one attached hydrogen (secondary N) is 3. The number of urea groups is 1. The highest BCUT2D eigenvalue weighted by molar-refractivity contribution is 5.93. The van der Waals surface area contributed by atoms with Gasteiger partial charge in [-0.2, -0.15) is 0 Å². The number of hydrogen-bond acceptors (Lipinski definition) is 4. The van der Waals surface area contributed by atoms with Crippen LogP contribution in [0.25, 0.3) is 0 Å². The Morgan fingerprint density at radius 2 is 1.62 bits per heavy atom. The first-order valence-corrected chi connectivity index (χ1v) is 9.48. The third kappa shape index (κ3) is 6.95. The van der Waals surface area contributed by atoms with Gasteiger partial charge in [-0.15, -0.1) is 0 Å². The van der Waals surface area contributed by atoms with Crippen molar-refractivity contribution in [3.8, 4) is 0 Å². The molecular weight excluding hydrogens is 370 g/mol. The van der Waals surface area contributed by atoms with E-state index in [-0.39, 0.29) is 17.8 Å². The van der Waals surface area contributed by atoms with Gasteiger partial charge >= 0.3 is 12.0 Å². The molecule has 0 saturated heterocycles. The minimum absolute atomic E-state index is 0.0733. The van der Waals surface area contributed by atoms with Crippen LogP contribution in [0.2, 0.25) is 0 Å². The number of rotatable bonds is 8. The molecule has 2 aromatic rings. The monoisotopic (exact) mass is 397 g/mol. The van der Waals surface area contributed by atoms with Crippen LogP contribution in [0.15, 0.2) is 54.6 Å². The van der Waals surface area contributed by atoms with E-state index < -0.39 is 12.1 Å². The van der Waals surface area contributed by atoms with Crippen molar-refractivity contribution in [1.82, 2.24) is 10.6 Å². The lowest BCUT2D eigenvalue weighted by molar-refractivity contribution is -0.123. The Morgan fingerprint density at radius 3 is 2.21 bits per heavy atom. The molecule has 29 heavy (non-hydrogen) atoms. The van der Waals surface area contributed by atoms with Gasteiger partial charge in [-0.25, -0.2) is 9.59 Å². The fourth-order valence-corrected chi connectivity index (χ4v) is 2.73. The van der Waals surface area contributed by atoms with E-state index in [2.05, 4.69) is 20.7 Å². The number of hydrogen-bond donors (Lipinski definition) is 3. The van der Waals surface area contributed by atoms with Crippen LogP contribution in [0.3, 0.4) is 0 Å². The molecule has 0 aliphatic carbocycles. The Morgan fingerprint density at radius 1 is 0.966 bits per heavy atom. The van der Waals surface area contributed by atoms with Gasteiger partial charge in [0.25, 0.3) is 0 Å². The van der Waals surface area contributed by atoms with Gasteiger partial charge in [-0.05, 0) is 42.2 Å². The van der Waals surface area contributed by atoms with Crippen LogP contribution in [0.1, 0.15) is 29.8 Å². The summed E-state index contributed by atoms with van der Waals surface area (Å²) in [6.07, 6.45) is 0.605. The lowest BCUT2D eigenvalue weighted by Gasteiger charge is -2.22. The Bertz CT molecular complexity index is 820. The number of amides is 3. The molecule has 3 N–H and O–H groups in total. The lowest BCUT2D eigenvalue weighted by atomic mass is 10.0. The smallest absolute Gasteiger partial charge is 0.337 e. The molecule has 7 heteroatoms. The van der Waals surface area contributed by atoms with Crippen molar-refractivity contribution < 1.29 is 19.1 Å². The molecule has 0 bridgehead atoms. The number of ether oxygens (including phenoxy) is 1. The predicted octanol–water partition coefficient (Wildman–Crippen LogP) is 2.98. The maximum Gasteiger partial charge on any atom is 0.337 e. The van der Waals surface area contributed by atoms with Crippen molar-refractivity contribution >= 4 is 23.6 Å². The van der Waals surface area contributed by atoms with E-state index in [1.54, 1.807) is 24.3 Å². The quantitative estimate of drug-likeness (QED) is 0.597. The molecule has 0 fully saturated rings. The molecule has 0 saturated carbocycles. The zero-order valence-electron chi connectivity index (χ0n) is 16.9. The number of esters is 1. The number of anilines is 1. The van der Waals surface area contributed by atoms with E-state index in [1.807, 2.05) is 44.2 Å². The second kappa shape index (κ2) is 10.8. The summed E-state index contributed by atoms with van der Waals surface area (Å²) in [5, 5.41) is 8.30. The summed E-state index contributed by atoms with van der Waals surface area (Å²) in [5.74, 6) is -0.699. The highest BCUT2D eigenvalue weighted by atomic mass is 16.5. The standard InChI is InChI=1S/C22H27N3O4/c1-15(2)19(25-22(28)24-18-7-5-4-6-8-18)20(26)23-14-13-16-9-11-17(12-10-16)21(27)29-3/h4-12,15,19H,13-14H2,1-3H3,(H,23,26)(H2,24,25,28). The highest BCUT2D eigenvalue weighted by Crippen LogP contribution is 2.08. The molecule has 0 radical (unpaired) electrons. The van der Waals surface area contributed by atoms with Crippen LogP contribution in [-0.4, -0.2) is 37.6 Å². The summed E-state index contributed by atoms with van der Waals surface area (Å²) in [5.41, 5.74) is 2.12. The van der Waals surface area contributed by atoms with Crippen molar-refractivity contribution in [2.45, 2.75) is 26.3 Å². The van der Waals surface area contributed by atoms with Crippen LogP contribution in [0.4, 0.5) is 10.5 Å². The van der Waals surface area contributed by atoms with Gasteiger partial charge in [0, 0.05) is 12.2 Å². The predicted molar refractivity (Wildman–Crippen MR) is 112 cm³/mol. The molecule has 0 aliphatic rings. The molecule has 2 aromatic carbocycles. The molecule has 154 valence electrons. The van der Waals surface area contributed by atoms with E-state index in [4.69, 9.17) is 0 Å². The summed E-state index contributed by atoms with van der Waals surface area (Å²) in [7, 11) is 1.34. The van der Waals surface area contributed by atoms with E-state index in [0.29, 0.717) is 24.2 Å². The third-order valence-corrected chi connectivity index (χ3v) is 4.36. The van der Waals surface area contributed by atoms with Gasteiger partial charge < -0.3 is 20.7 Å². The van der Waals surface area contributed by atoms with Crippen LogP contribution >= 0.6 is 0 Å². The third-order valence-electron chi connectivity index (χ3n) is 4.36. The molecule has 0 heterocycles. The summed E-state index contributed by atoms with van der Waals surface area (Å²) < 4.78 is 4.67. The lowest BCUT2D eigenvalue weighted by Crippen LogP contribution is -2.51. The van der Waals surface area contributed by atoms with Gasteiger partial charge in [0.2, 0.25) is 5.91 Å². The first kappa shape index (κ1) is 21.9. The maximum absolute atomic E-state index is 12.5. The van der Waals surface area contributed by atoms with Crippen molar-refractivity contribution in [2.24, 2.45) is 5.92 Å². The average molecular weight is 397 g/mol. The summed E-state index contributed by atoms with van der Waals surface area (Å²) in [6.45, 7) is 4.17. The summed E-state index contributed by atoms with van der Waals surface area (Å²) in [6, 6.07) is 15.0. The normalized spacial score (nSPS) is 11.4. The molecule has 1 atom stereocenters. The Hall–Kier alpha value is -3.35. The molecule has 0 spiro atoms. The molecular formula is C22H27N3O4. The van der Waals surface area contributed by atoms with Crippen LogP contribution in [-0.2, 0) is 16.0 Å². The molecule has 7 nitrogen and oxygen atoms in total. The van der Waals surface area contributed by atoms with Gasteiger partial charge in [0.1, 0.15) is 6.04 Å². The summed E-state index contributed by atoms with van der Waals surface area (Å²) in [4.78, 5) is 36.2. The first-order valence-electron chi connectivity index (χ1n) is 9.48. The minimum atomic E-state index is -0.652. The van der Waals surface area contributed by atoms with Gasteiger partial charge in [0.05, 0.1) is 12.7 Å². The van der Waals surface area contributed by atoms with Crippen LogP contribution in [0.5, 0.6) is 0 Å². The summed E-state index contributed by atoms with van der Waals surface area (Å²) >= 11 is 0. The highest BCUT2D eigenvalue weighted by Gasteiger charge is 2.23. The number of carbonyl (C=O) groups is 3.